The standard InChI is InChI=1S/C12H19N3O2S/c1-12(2,11-14-4-6-18-11)15-10(16)7-9-8-17-5-3-13-9/h4,6,9,13H,3,5,7-8H2,1-2H3,(H,15,16). The first-order valence-electron chi connectivity index (χ1n) is 6.10. The van der Waals surface area contributed by atoms with Crippen molar-refractivity contribution < 1.29 is 9.53 Å². The smallest absolute Gasteiger partial charge is 0.222 e. The maximum Gasteiger partial charge on any atom is 0.222 e. The highest BCUT2D eigenvalue weighted by Crippen LogP contribution is 2.22. The maximum absolute atomic E-state index is 12.0. The summed E-state index contributed by atoms with van der Waals surface area (Å²) in [4.78, 5) is 16.2. The summed E-state index contributed by atoms with van der Waals surface area (Å²) in [5, 5.41) is 9.13. The maximum atomic E-state index is 12.0. The summed E-state index contributed by atoms with van der Waals surface area (Å²) in [6.07, 6.45) is 2.19. The van der Waals surface area contributed by atoms with E-state index in [1.165, 1.54) is 0 Å². The monoisotopic (exact) mass is 269 g/mol. The third-order valence-corrected chi connectivity index (χ3v) is 3.95. The van der Waals surface area contributed by atoms with Gasteiger partial charge in [0.15, 0.2) is 0 Å². The van der Waals surface area contributed by atoms with E-state index in [4.69, 9.17) is 4.74 Å². The minimum absolute atomic E-state index is 0.0261. The molecule has 1 fully saturated rings. The number of morpholine rings is 1. The fraction of sp³-hybridized carbons (Fsp3) is 0.667. The molecule has 1 aliphatic heterocycles. The van der Waals surface area contributed by atoms with E-state index in [-0.39, 0.29) is 11.9 Å². The van der Waals surface area contributed by atoms with Crippen LogP contribution in [0.1, 0.15) is 25.3 Å². The molecular formula is C12H19N3O2S. The van der Waals surface area contributed by atoms with Gasteiger partial charge < -0.3 is 15.4 Å². The Bertz CT molecular complexity index is 386. The van der Waals surface area contributed by atoms with E-state index in [1.807, 2.05) is 19.2 Å². The lowest BCUT2D eigenvalue weighted by atomic mass is 10.1. The molecule has 0 radical (unpaired) electrons. The van der Waals surface area contributed by atoms with Crippen molar-refractivity contribution >= 4 is 17.2 Å². The van der Waals surface area contributed by atoms with Crippen LogP contribution >= 0.6 is 11.3 Å². The number of rotatable bonds is 4. The van der Waals surface area contributed by atoms with Crippen molar-refractivity contribution in [1.29, 1.82) is 0 Å². The lowest BCUT2D eigenvalue weighted by molar-refractivity contribution is -0.124. The van der Waals surface area contributed by atoms with Crippen molar-refractivity contribution in [3.8, 4) is 0 Å². The second-order valence-electron chi connectivity index (χ2n) is 4.94. The highest BCUT2D eigenvalue weighted by molar-refractivity contribution is 7.09. The number of amides is 1. The predicted molar refractivity (Wildman–Crippen MR) is 70.5 cm³/mol. The molecule has 18 heavy (non-hydrogen) atoms. The molecule has 1 aromatic heterocycles. The van der Waals surface area contributed by atoms with Crippen molar-refractivity contribution in [2.75, 3.05) is 19.8 Å². The molecule has 2 heterocycles. The summed E-state index contributed by atoms with van der Waals surface area (Å²) >= 11 is 1.55. The van der Waals surface area contributed by atoms with Gasteiger partial charge in [0.1, 0.15) is 5.01 Å². The minimum atomic E-state index is -0.416. The van der Waals surface area contributed by atoms with Gasteiger partial charge in [0.05, 0.1) is 18.8 Å². The number of aromatic nitrogens is 1. The molecule has 1 unspecified atom stereocenters. The molecule has 0 spiro atoms. The van der Waals surface area contributed by atoms with Crippen molar-refractivity contribution in [1.82, 2.24) is 15.6 Å². The predicted octanol–water partition coefficient (Wildman–Crippen LogP) is 0.873. The topological polar surface area (TPSA) is 63.2 Å². The SMILES string of the molecule is CC(C)(NC(=O)CC1COCCN1)c1nccs1. The zero-order valence-electron chi connectivity index (χ0n) is 10.7. The first-order valence-corrected chi connectivity index (χ1v) is 6.98. The Morgan fingerprint density at radius 2 is 2.56 bits per heavy atom. The molecule has 1 amide bonds. The van der Waals surface area contributed by atoms with Gasteiger partial charge in [0.2, 0.25) is 5.91 Å². The van der Waals surface area contributed by atoms with E-state index in [1.54, 1.807) is 17.5 Å². The van der Waals surface area contributed by atoms with Gasteiger partial charge in [-0.05, 0) is 13.8 Å². The van der Waals surface area contributed by atoms with E-state index < -0.39 is 5.54 Å². The number of ether oxygens (including phenoxy) is 1. The Morgan fingerprint density at radius 3 is 3.17 bits per heavy atom. The minimum Gasteiger partial charge on any atom is -0.378 e. The summed E-state index contributed by atoms with van der Waals surface area (Å²) in [5.74, 6) is 0.0261. The summed E-state index contributed by atoms with van der Waals surface area (Å²) in [6.45, 7) is 6.07. The highest BCUT2D eigenvalue weighted by atomic mass is 32.1. The number of hydrogen-bond donors (Lipinski definition) is 2. The lowest BCUT2D eigenvalue weighted by Crippen LogP contribution is -2.47. The van der Waals surface area contributed by atoms with Crippen LogP contribution in [-0.4, -0.2) is 36.7 Å². The third-order valence-electron chi connectivity index (χ3n) is 2.85. The van der Waals surface area contributed by atoms with Gasteiger partial charge in [-0.25, -0.2) is 4.98 Å². The molecule has 6 heteroatoms. The summed E-state index contributed by atoms with van der Waals surface area (Å²) in [5.41, 5.74) is -0.416. The molecule has 1 atom stereocenters. The first kappa shape index (κ1) is 13.5. The van der Waals surface area contributed by atoms with Crippen molar-refractivity contribution in [2.45, 2.75) is 31.8 Å². The van der Waals surface area contributed by atoms with Gasteiger partial charge >= 0.3 is 0 Å². The van der Waals surface area contributed by atoms with Crippen LogP contribution in [0.5, 0.6) is 0 Å². The molecule has 5 nitrogen and oxygen atoms in total. The van der Waals surface area contributed by atoms with Crippen LogP contribution in [0.2, 0.25) is 0 Å². The molecule has 0 aliphatic carbocycles. The number of hydrogen-bond acceptors (Lipinski definition) is 5. The van der Waals surface area contributed by atoms with Gasteiger partial charge in [-0.15, -0.1) is 11.3 Å². The van der Waals surface area contributed by atoms with Crippen LogP contribution < -0.4 is 10.6 Å². The van der Waals surface area contributed by atoms with Crippen LogP contribution in [-0.2, 0) is 15.1 Å². The largest absolute Gasteiger partial charge is 0.378 e. The Balaban J connectivity index is 1.86. The van der Waals surface area contributed by atoms with Gasteiger partial charge in [-0.3, -0.25) is 4.79 Å². The average Bonchev–Trinajstić information content (AvgIpc) is 2.83. The Morgan fingerprint density at radius 1 is 1.72 bits per heavy atom. The molecule has 1 saturated heterocycles. The van der Waals surface area contributed by atoms with Gasteiger partial charge in [-0.2, -0.15) is 0 Å². The number of nitrogens with one attached hydrogen (secondary N) is 2. The Hall–Kier alpha value is -0.980. The van der Waals surface area contributed by atoms with Gasteiger partial charge in [-0.1, -0.05) is 0 Å². The zero-order valence-corrected chi connectivity index (χ0v) is 11.5. The first-order chi connectivity index (χ1) is 8.58. The number of nitrogens with zero attached hydrogens (tertiary/aromatic N) is 1. The fourth-order valence-electron chi connectivity index (χ4n) is 1.96. The van der Waals surface area contributed by atoms with E-state index >= 15 is 0 Å². The van der Waals surface area contributed by atoms with Crippen LogP contribution in [0, 0.1) is 0 Å². The zero-order chi connectivity index (χ0) is 13.0. The van der Waals surface area contributed by atoms with E-state index in [9.17, 15) is 4.79 Å². The Kier molecular flexibility index (Phi) is 4.31. The average molecular weight is 269 g/mol. The summed E-state index contributed by atoms with van der Waals surface area (Å²) < 4.78 is 5.33. The Labute approximate surface area is 111 Å². The quantitative estimate of drug-likeness (QED) is 0.851. The molecule has 2 N–H and O–H groups in total. The van der Waals surface area contributed by atoms with Crippen molar-refractivity contribution in [3.05, 3.63) is 16.6 Å². The summed E-state index contributed by atoms with van der Waals surface area (Å²) in [7, 11) is 0. The molecule has 0 aromatic carbocycles. The van der Waals surface area contributed by atoms with E-state index in [0.717, 1.165) is 18.2 Å². The molecule has 0 saturated carbocycles. The molecular weight excluding hydrogens is 250 g/mol. The molecule has 1 aliphatic rings. The highest BCUT2D eigenvalue weighted by Gasteiger charge is 2.27. The van der Waals surface area contributed by atoms with E-state index in [0.29, 0.717) is 13.0 Å². The van der Waals surface area contributed by atoms with Gasteiger partial charge in [0.25, 0.3) is 0 Å². The third kappa shape index (κ3) is 3.51. The molecule has 2 rings (SSSR count). The normalized spacial score (nSPS) is 20.7. The second kappa shape index (κ2) is 5.77. The van der Waals surface area contributed by atoms with Crippen LogP contribution in [0.15, 0.2) is 11.6 Å². The van der Waals surface area contributed by atoms with Crippen molar-refractivity contribution in [2.24, 2.45) is 0 Å². The number of thiazole rings is 1. The van der Waals surface area contributed by atoms with Gasteiger partial charge in [0, 0.05) is 30.6 Å². The van der Waals surface area contributed by atoms with Crippen LogP contribution in [0.3, 0.4) is 0 Å². The van der Waals surface area contributed by atoms with Crippen molar-refractivity contribution in [3.63, 3.8) is 0 Å². The molecule has 1 aromatic rings. The second-order valence-corrected chi connectivity index (χ2v) is 5.84. The molecule has 0 bridgehead atoms. The number of carbonyl (C=O) groups is 1. The van der Waals surface area contributed by atoms with Crippen LogP contribution in [0.25, 0.3) is 0 Å². The fourth-order valence-corrected chi connectivity index (χ4v) is 2.68. The lowest BCUT2D eigenvalue weighted by Gasteiger charge is -2.27. The molecule has 100 valence electrons. The van der Waals surface area contributed by atoms with Crippen LogP contribution in [0.4, 0.5) is 0 Å². The van der Waals surface area contributed by atoms with E-state index in [2.05, 4.69) is 15.6 Å². The number of carbonyl (C=O) groups excluding carboxylic acids is 1. The summed E-state index contributed by atoms with van der Waals surface area (Å²) in [6, 6.07) is 0.117.